The second-order valence-corrected chi connectivity index (χ2v) is 4.74. The fourth-order valence-corrected chi connectivity index (χ4v) is 2.16. The fourth-order valence-electron chi connectivity index (χ4n) is 1.99. The number of nitrogens with one attached hydrogen (secondary N) is 1. The summed E-state index contributed by atoms with van der Waals surface area (Å²) in [5.41, 5.74) is 4.38. The lowest BCUT2D eigenvalue weighted by Crippen LogP contribution is -2.46. The highest BCUT2D eigenvalue weighted by Gasteiger charge is 2.40. The maximum Gasteiger partial charge on any atom is 0.238 e. The predicted molar refractivity (Wildman–Crippen MR) is 76.5 cm³/mol. The van der Waals surface area contributed by atoms with Gasteiger partial charge in [-0.3, -0.25) is 4.79 Å². The van der Waals surface area contributed by atoms with Crippen molar-refractivity contribution in [1.82, 2.24) is 0 Å². The van der Waals surface area contributed by atoms with Gasteiger partial charge < -0.3 is 16.3 Å². The second-order valence-electron chi connectivity index (χ2n) is 4.33. The minimum Gasteiger partial charge on any atom is -0.409 e. The van der Waals surface area contributed by atoms with Gasteiger partial charge in [0.25, 0.3) is 0 Å². The third-order valence-electron chi connectivity index (χ3n) is 3.44. The molecule has 5 nitrogen and oxygen atoms in total. The number of nitrogens with two attached hydrogens (primary N) is 1. The van der Waals surface area contributed by atoms with Crippen molar-refractivity contribution in [2.45, 2.75) is 26.7 Å². The quantitative estimate of drug-likeness (QED) is 0.338. The molecule has 0 fully saturated rings. The third kappa shape index (κ3) is 2.85. The van der Waals surface area contributed by atoms with E-state index in [9.17, 15) is 9.18 Å². The Hall–Kier alpha value is -1.82. The monoisotopic (exact) mass is 301 g/mol. The van der Waals surface area contributed by atoms with Gasteiger partial charge >= 0.3 is 0 Å². The van der Waals surface area contributed by atoms with Crippen LogP contribution in [0.5, 0.6) is 0 Å². The Morgan fingerprint density at radius 3 is 2.60 bits per heavy atom. The first-order chi connectivity index (χ1) is 9.42. The summed E-state index contributed by atoms with van der Waals surface area (Å²) in [6.07, 6.45) is 0.626. The zero-order valence-electron chi connectivity index (χ0n) is 11.3. The Balaban J connectivity index is 3.13. The Morgan fingerprint density at radius 1 is 1.50 bits per heavy atom. The molecule has 1 amide bonds. The van der Waals surface area contributed by atoms with Crippen LogP contribution in [0.15, 0.2) is 23.4 Å². The normalized spacial score (nSPS) is 12.3. The number of benzene rings is 1. The van der Waals surface area contributed by atoms with Crippen molar-refractivity contribution >= 4 is 29.0 Å². The summed E-state index contributed by atoms with van der Waals surface area (Å²) in [4.78, 5) is 12.4. The maximum absolute atomic E-state index is 13.8. The number of hydrogen-bond acceptors (Lipinski definition) is 3. The van der Waals surface area contributed by atoms with Crippen LogP contribution in [0.1, 0.15) is 26.7 Å². The van der Waals surface area contributed by atoms with Gasteiger partial charge in [0.2, 0.25) is 5.91 Å². The minimum absolute atomic E-state index is 0.0421. The molecule has 0 aliphatic heterocycles. The van der Waals surface area contributed by atoms with E-state index in [-0.39, 0.29) is 16.5 Å². The molecule has 0 aliphatic rings. The van der Waals surface area contributed by atoms with Gasteiger partial charge in [-0.1, -0.05) is 36.7 Å². The second kappa shape index (κ2) is 6.56. The number of amides is 1. The van der Waals surface area contributed by atoms with Gasteiger partial charge in [-0.15, -0.1) is 0 Å². The molecule has 7 heteroatoms. The zero-order valence-corrected chi connectivity index (χ0v) is 12.0. The summed E-state index contributed by atoms with van der Waals surface area (Å²) in [5.74, 6) is -1.47. The van der Waals surface area contributed by atoms with E-state index in [1.54, 1.807) is 13.8 Å². The van der Waals surface area contributed by atoms with E-state index in [2.05, 4.69) is 10.5 Å². The highest BCUT2D eigenvalue weighted by Crippen LogP contribution is 2.30. The number of anilines is 1. The number of amidine groups is 1. The third-order valence-corrected chi connectivity index (χ3v) is 3.73. The van der Waals surface area contributed by atoms with Crippen LogP contribution in [0.4, 0.5) is 10.1 Å². The smallest absolute Gasteiger partial charge is 0.238 e. The molecule has 1 rings (SSSR count). The molecule has 0 heterocycles. The number of rotatable bonds is 5. The topological polar surface area (TPSA) is 87.7 Å². The molecular formula is C13H17ClFN3O2. The number of nitrogens with zero attached hydrogens (tertiary/aromatic N) is 1. The van der Waals surface area contributed by atoms with Crippen molar-refractivity contribution in [2.24, 2.45) is 16.3 Å². The lowest BCUT2D eigenvalue weighted by molar-refractivity contribution is -0.122. The van der Waals surface area contributed by atoms with Crippen LogP contribution >= 0.6 is 11.6 Å². The highest BCUT2D eigenvalue weighted by atomic mass is 35.5. The molecule has 0 atom stereocenters. The van der Waals surface area contributed by atoms with Crippen LogP contribution < -0.4 is 11.1 Å². The number of oxime groups is 1. The molecule has 0 unspecified atom stereocenters. The molecule has 110 valence electrons. The van der Waals surface area contributed by atoms with Gasteiger partial charge in [-0.2, -0.15) is 0 Å². The fraction of sp³-hybridized carbons (Fsp3) is 0.385. The number of carbonyl (C=O) groups is 1. The van der Waals surface area contributed by atoms with E-state index in [0.717, 1.165) is 0 Å². The number of carbonyl (C=O) groups excluding carboxylic acids is 1. The van der Waals surface area contributed by atoms with Crippen LogP contribution in [0.3, 0.4) is 0 Å². The van der Waals surface area contributed by atoms with Gasteiger partial charge in [-0.25, -0.2) is 4.39 Å². The minimum atomic E-state index is -1.19. The van der Waals surface area contributed by atoms with E-state index < -0.39 is 17.1 Å². The van der Waals surface area contributed by atoms with E-state index in [1.165, 1.54) is 18.2 Å². The molecule has 0 radical (unpaired) electrons. The van der Waals surface area contributed by atoms with E-state index in [1.807, 2.05) is 0 Å². The lowest BCUT2D eigenvalue weighted by atomic mass is 9.80. The summed E-state index contributed by atoms with van der Waals surface area (Å²) in [6.45, 7) is 3.46. The molecule has 0 aliphatic carbocycles. The van der Waals surface area contributed by atoms with Gasteiger partial charge in [0, 0.05) is 0 Å². The summed E-state index contributed by atoms with van der Waals surface area (Å²) in [5, 5.41) is 14.1. The Labute approximate surface area is 121 Å². The number of hydrogen-bond donors (Lipinski definition) is 3. The SMILES string of the molecule is CCC(CC)(C(=O)Nc1cccc(Cl)c1F)C(N)=NO. The summed E-state index contributed by atoms with van der Waals surface area (Å²) >= 11 is 5.65. The predicted octanol–water partition coefficient (Wildman–Crippen LogP) is 2.97. The van der Waals surface area contributed by atoms with Crippen molar-refractivity contribution in [1.29, 1.82) is 0 Å². The first kappa shape index (κ1) is 16.2. The zero-order chi connectivity index (χ0) is 15.3. The Bertz CT molecular complexity index is 530. The highest BCUT2D eigenvalue weighted by molar-refractivity contribution is 6.31. The van der Waals surface area contributed by atoms with Crippen LogP contribution in [0.25, 0.3) is 0 Å². The lowest BCUT2D eigenvalue weighted by Gasteiger charge is -2.28. The molecule has 1 aromatic carbocycles. The van der Waals surface area contributed by atoms with Crippen molar-refractivity contribution in [3.05, 3.63) is 29.0 Å². The van der Waals surface area contributed by atoms with Crippen LogP contribution in [-0.4, -0.2) is 17.0 Å². The summed E-state index contributed by atoms with van der Waals surface area (Å²) < 4.78 is 13.8. The molecule has 0 saturated carbocycles. The van der Waals surface area contributed by atoms with Gasteiger partial charge in [0.1, 0.15) is 5.41 Å². The maximum atomic E-state index is 13.8. The average Bonchev–Trinajstić information content (AvgIpc) is 2.45. The summed E-state index contributed by atoms with van der Waals surface area (Å²) in [7, 11) is 0. The molecule has 0 bridgehead atoms. The van der Waals surface area contributed by atoms with Crippen molar-refractivity contribution in [2.75, 3.05) is 5.32 Å². The van der Waals surface area contributed by atoms with Gasteiger partial charge in [-0.05, 0) is 25.0 Å². The first-order valence-corrected chi connectivity index (χ1v) is 6.54. The largest absolute Gasteiger partial charge is 0.409 e. The van der Waals surface area contributed by atoms with Crippen molar-refractivity contribution < 1.29 is 14.4 Å². The molecule has 20 heavy (non-hydrogen) atoms. The Morgan fingerprint density at radius 2 is 2.10 bits per heavy atom. The van der Waals surface area contributed by atoms with Gasteiger partial charge in [0.05, 0.1) is 10.7 Å². The molecule has 0 spiro atoms. The average molecular weight is 302 g/mol. The molecule has 1 aromatic rings. The molecule has 0 aromatic heterocycles. The van der Waals surface area contributed by atoms with Gasteiger partial charge in [0.15, 0.2) is 11.7 Å². The molecule has 0 saturated heterocycles. The summed E-state index contributed by atoms with van der Waals surface area (Å²) in [6, 6.07) is 4.29. The van der Waals surface area contributed by atoms with Crippen LogP contribution in [0.2, 0.25) is 5.02 Å². The Kier molecular flexibility index (Phi) is 5.33. The first-order valence-electron chi connectivity index (χ1n) is 6.16. The molecule has 4 N–H and O–H groups in total. The van der Waals surface area contributed by atoms with Crippen molar-refractivity contribution in [3.63, 3.8) is 0 Å². The number of halogens is 2. The molecular weight excluding hydrogens is 285 g/mol. The van der Waals surface area contributed by atoms with E-state index in [4.69, 9.17) is 22.5 Å². The van der Waals surface area contributed by atoms with E-state index in [0.29, 0.717) is 12.8 Å². The van der Waals surface area contributed by atoms with Crippen molar-refractivity contribution in [3.8, 4) is 0 Å². The standard InChI is InChI=1S/C13H17ClFN3O2/c1-3-13(4-2,11(16)18-20)12(19)17-9-7-5-6-8(14)10(9)15/h5-7,20H,3-4H2,1-2H3,(H2,16,18)(H,17,19). The van der Waals surface area contributed by atoms with E-state index >= 15 is 0 Å². The van der Waals surface area contributed by atoms with Crippen LogP contribution in [-0.2, 0) is 4.79 Å². The van der Waals surface area contributed by atoms with Crippen LogP contribution in [0, 0.1) is 11.2 Å².